The minimum absolute atomic E-state index is 0.0724. The van der Waals surface area contributed by atoms with Crippen LogP contribution in [0.1, 0.15) is 30.3 Å². The number of hydrogen-bond donors (Lipinski definition) is 3. The van der Waals surface area contributed by atoms with Gasteiger partial charge >= 0.3 is 0 Å². The van der Waals surface area contributed by atoms with E-state index in [2.05, 4.69) is 15.5 Å². The minimum atomic E-state index is -0.570. The Labute approximate surface area is 104 Å². The highest BCUT2D eigenvalue weighted by molar-refractivity contribution is 5.96. The third-order valence-electron chi connectivity index (χ3n) is 2.32. The highest BCUT2D eigenvalue weighted by Gasteiger charge is 2.17. The summed E-state index contributed by atoms with van der Waals surface area (Å²) in [5.74, 6) is -1.10. The van der Waals surface area contributed by atoms with Gasteiger partial charge in [-0.15, -0.1) is 0 Å². The second-order valence-electron chi connectivity index (χ2n) is 3.70. The van der Waals surface area contributed by atoms with Crippen LogP contribution in [0.25, 0.3) is 0 Å². The predicted octanol–water partition coefficient (Wildman–Crippen LogP) is 0.866. The monoisotopic (exact) mass is 254 g/mol. The molecule has 1 aromatic heterocycles. The van der Waals surface area contributed by atoms with Gasteiger partial charge in [-0.3, -0.25) is 4.79 Å². The van der Waals surface area contributed by atoms with Crippen molar-refractivity contribution in [1.82, 2.24) is 10.3 Å². The molecule has 0 radical (unpaired) electrons. The van der Waals surface area contributed by atoms with Crippen LogP contribution < -0.4 is 11.1 Å². The van der Waals surface area contributed by atoms with Gasteiger partial charge in [-0.2, -0.15) is 0 Å². The smallest absolute Gasteiger partial charge is 0.270 e. The van der Waals surface area contributed by atoms with Crippen molar-refractivity contribution in [2.45, 2.75) is 25.8 Å². The topological polar surface area (TPSA) is 101 Å². The number of aromatic nitrogens is 1. The van der Waals surface area contributed by atoms with Gasteiger partial charge in [0.1, 0.15) is 11.5 Å². The molecule has 1 heterocycles. The number of carbonyl (C=O) groups excluding carboxylic acids is 1. The average molecular weight is 254 g/mol. The Morgan fingerprint density at radius 3 is 2.89 bits per heavy atom. The van der Waals surface area contributed by atoms with Gasteiger partial charge in [-0.05, 0) is 18.6 Å². The summed E-state index contributed by atoms with van der Waals surface area (Å²) in [6, 6.07) is 1.83. The number of nitrogens with one attached hydrogen (secondary N) is 1. The molecule has 1 atom stereocenters. The van der Waals surface area contributed by atoms with Crippen molar-refractivity contribution in [2.24, 2.45) is 10.9 Å². The van der Waals surface area contributed by atoms with Crippen molar-refractivity contribution in [3.05, 3.63) is 29.8 Å². The maximum absolute atomic E-state index is 12.6. The second kappa shape index (κ2) is 6.53. The van der Waals surface area contributed by atoms with Gasteiger partial charge < -0.3 is 16.3 Å². The number of nitrogens with zero attached hydrogens (tertiary/aromatic N) is 2. The molecular weight excluding hydrogens is 239 g/mol. The molecule has 0 bridgehead atoms. The third kappa shape index (κ3) is 3.69. The fraction of sp³-hybridized carbons (Fsp3) is 0.364. The number of nitrogens with two attached hydrogens (primary N) is 1. The molecular formula is C11H15FN4O2. The lowest BCUT2D eigenvalue weighted by Gasteiger charge is -2.16. The molecule has 0 saturated heterocycles. The Bertz CT molecular complexity index is 433. The molecule has 0 aromatic carbocycles. The van der Waals surface area contributed by atoms with Crippen LogP contribution in [0.15, 0.2) is 23.5 Å². The maximum atomic E-state index is 12.6. The van der Waals surface area contributed by atoms with E-state index in [-0.39, 0.29) is 11.5 Å². The van der Waals surface area contributed by atoms with E-state index >= 15 is 0 Å². The number of amides is 1. The van der Waals surface area contributed by atoms with E-state index in [9.17, 15) is 9.18 Å². The van der Waals surface area contributed by atoms with Crippen LogP contribution in [-0.4, -0.2) is 28.0 Å². The van der Waals surface area contributed by atoms with E-state index in [1.54, 1.807) is 0 Å². The van der Waals surface area contributed by atoms with Gasteiger partial charge in [0.2, 0.25) is 0 Å². The van der Waals surface area contributed by atoms with Crippen LogP contribution >= 0.6 is 0 Å². The van der Waals surface area contributed by atoms with Crippen molar-refractivity contribution < 1.29 is 14.4 Å². The Morgan fingerprint density at radius 1 is 1.67 bits per heavy atom. The van der Waals surface area contributed by atoms with Crippen LogP contribution in [0, 0.1) is 5.82 Å². The van der Waals surface area contributed by atoms with E-state index in [4.69, 9.17) is 10.9 Å². The zero-order valence-corrected chi connectivity index (χ0v) is 9.93. The minimum Gasteiger partial charge on any atom is -0.409 e. The Hall–Kier alpha value is -2.18. The van der Waals surface area contributed by atoms with Crippen molar-refractivity contribution in [1.29, 1.82) is 0 Å². The van der Waals surface area contributed by atoms with Crippen LogP contribution in [0.2, 0.25) is 0 Å². The molecule has 1 unspecified atom stereocenters. The van der Waals surface area contributed by atoms with Gasteiger partial charge in [0.25, 0.3) is 5.91 Å². The third-order valence-corrected chi connectivity index (χ3v) is 2.32. The number of amidine groups is 1. The SMILES string of the molecule is CCCC(NC(=O)c1ccc(F)cn1)/C(N)=N/O. The van der Waals surface area contributed by atoms with E-state index in [0.29, 0.717) is 6.42 Å². The molecule has 0 aliphatic rings. The Kier molecular flexibility index (Phi) is 5.04. The quantitative estimate of drug-likeness (QED) is 0.314. The fourth-order valence-electron chi connectivity index (χ4n) is 1.39. The lowest BCUT2D eigenvalue weighted by Crippen LogP contribution is -2.44. The average Bonchev–Trinajstić information content (AvgIpc) is 2.38. The first-order chi connectivity index (χ1) is 8.58. The first kappa shape index (κ1) is 13.9. The van der Waals surface area contributed by atoms with Crippen LogP contribution in [-0.2, 0) is 0 Å². The Balaban J connectivity index is 2.75. The zero-order valence-electron chi connectivity index (χ0n) is 9.93. The molecule has 0 aliphatic carbocycles. The number of pyridine rings is 1. The maximum Gasteiger partial charge on any atom is 0.270 e. The van der Waals surface area contributed by atoms with Crippen molar-refractivity contribution in [3.8, 4) is 0 Å². The molecule has 18 heavy (non-hydrogen) atoms. The first-order valence-electron chi connectivity index (χ1n) is 5.48. The second-order valence-corrected chi connectivity index (χ2v) is 3.70. The van der Waals surface area contributed by atoms with Crippen LogP contribution in [0.3, 0.4) is 0 Å². The summed E-state index contributed by atoms with van der Waals surface area (Å²) < 4.78 is 12.6. The lowest BCUT2D eigenvalue weighted by atomic mass is 10.1. The standard InChI is InChI=1S/C11H15FN4O2/c1-2-3-8(10(13)16-18)15-11(17)9-5-4-7(12)6-14-9/h4-6,8,18H,2-3H2,1H3,(H2,13,16)(H,15,17). The Morgan fingerprint density at radius 2 is 2.39 bits per heavy atom. The van der Waals surface area contributed by atoms with E-state index in [1.807, 2.05) is 6.92 Å². The van der Waals surface area contributed by atoms with Gasteiger partial charge in [0.15, 0.2) is 5.84 Å². The van der Waals surface area contributed by atoms with Gasteiger partial charge in [0, 0.05) is 0 Å². The number of oxime groups is 1. The predicted molar refractivity (Wildman–Crippen MR) is 63.8 cm³/mol. The molecule has 98 valence electrons. The van der Waals surface area contributed by atoms with Crippen LogP contribution in [0.5, 0.6) is 0 Å². The normalized spacial score (nSPS) is 13.1. The molecule has 1 rings (SSSR count). The summed E-state index contributed by atoms with van der Waals surface area (Å²) >= 11 is 0. The molecule has 7 heteroatoms. The summed E-state index contributed by atoms with van der Waals surface area (Å²) in [6.45, 7) is 1.90. The number of carbonyl (C=O) groups is 1. The molecule has 0 saturated carbocycles. The largest absolute Gasteiger partial charge is 0.409 e. The number of rotatable bonds is 5. The summed E-state index contributed by atoms with van der Waals surface area (Å²) in [4.78, 5) is 15.4. The summed E-state index contributed by atoms with van der Waals surface area (Å²) in [5, 5.41) is 14.0. The highest BCUT2D eigenvalue weighted by atomic mass is 19.1. The van der Waals surface area contributed by atoms with Gasteiger partial charge in [0.05, 0.1) is 12.2 Å². The van der Waals surface area contributed by atoms with Crippen LogP contribution in [0.4, 0.5) is 4.39 Å². The molecule has 0 fully saturated rings. The molecule has 1 amide bonds. The zero-order chi connectivity index (χ0) is 13.5. The number of hydrogen-bond acceptors (Lipinski definition) is 4. The molecule has 0 aliphatic heterocycles. The highest BCUT2D eigenvalue weighted by Crippen LogP contribution is 2.02. The number of halogens is 1. The van der Waals surface area contributed by atoms with Crippen molar-refractivity contribution in [3.63, 3.8) is 0 Å². The summed E-state index contributed by atoms with van der Waals surface area (Å²) in [5.41, 5.74) is 5.53. The van der Waals surface area contributed by atoms with Crippen molar-refractivity contribution >= 4 is 11.7 Å². The molecule has 6 nitrogen and oxygen atoms in total. The van der Waals surface area contributed by atoms with Gasteiger partial charge in [-0.1, -0.05) is 18.5 Å². The van der Waals surface area contributed by atoms with Gasteiger partial charge in [-0.25, -0.2) is 9.37 Å². The van der Waals surface area contributed by atoms with E-state index in [1.165, 1.54) is 6.07 Å². The fourth-order valence-corrected chi connectivity index (χ4v) is 1.39. The summed E-state index contributed by atoms with van der Waals surface area (Å²) in [6.07, 6.45) is 2.23. The molecule has 4 N–H and O–H groups in total. The lowest BCUT2D eigenvalue weighted by molar-refractivity contribution is 0.0939. The molecule has 0 spiro atoms. The van der Waals surface area contributed by atoms with E-state index in [0.717, 1.165) is 18.7 Å². The molecule has 1 aromatic rings. The van der Waals surface area contributed by atoms with Crippen molar-refractivity contribution in [2.75, 3.05) is 0 Å². The van der Waals surface area contributed by atoms with E-state index < -0.39 is 17.8 Å². The first-order valence-corrected chi connectivity index (χ1v) is 5.48. The summed E-state index contributed by atoms with van der Waals surface area (Å²) in [7, 11) is 0.